The summed E-state index contributed by atoms with van der Waals surface area (Å²) in [5.41, 5.74) is 0.194. The van der Waals surface area contributed by atoms with E-state index in [0.29, 0.717) is 11.1 Å². The van der Waals surface area contributed by atoms with Crippen LogP contribution in [0.4, 0.5) is 0 Å². The number of fused-ring (bicyclic) bond motifs is 1. The molecule has 0 saturated carbocycles. The Kier molecular flexibility index (Phi) is 5.51. The number of nitrogens with zero attached hydrogens (tertiary/aromatic N) is 1. The van der Waals surface area contributed by atoms with Gasteiger partial charge in [0.2, 0.25) is 0 Å². The van der Waals surface area contributed by atoms with Crippen molar-refractivity contribution in [3.05, 3.63) is 47.2 Å². The van der Waals surface area contributed by atoms with Gasteiger partial charge in [-0.25, -0.2) is 4.79 Å². The minimum absolute atomic E-state index is 0.0802. The third-order valence-electron chi connectivity index (χ3n) is 4.35. The zero-order valence-corrected chi connectivity index (χ0v) is 18.3. The van der Waals surface area contributed by atoms with E-state index in [1.54, 1.807) is 58.0 Å². The number of carbonyl (C=O) groups is 3. The lowest BCUT2D eigenvalue weighted by molar-refractivity contribution is -0.158. The number of nitrogens with one attached hydrogen (secondary N) is 1. The lowest BCUT2D eigenvalue weighted by Crippen LogP contribution is -2.74. The summed E-state index contributed by atoms with van der Waals surface area (Å²) in [6.07, 6.45) is 0. The van der Waals surface area contributed by atoms with Crippen molar-refractivity contribution in [2.45, 2.75) is 48.9 Å². The summed E-state index contributed by atoms with van der Waals surface area (Å²) in [5.74, 6) is -1.58. The summed E-state index contributed by atoms with van der Waals surface area (Å²) >= 11 is 3.35. The van der Waals surface area contributed by atoms with Crippen LogP contribution in [-0.4, -0.2) is 48.1 Å². The average molecular weight is 469 g/mol. The molecule has 0 aliphatic carbocycles. The largest absolute Gasteiger partial charge is 0.455 e. The van der Waals surface area contributed by atoms with Crippen LogP contribution in [0.5, 0.6) is 0 Å². The molecule has 0 radical (unpaired) electrons. The first-order chi connectivity index (χ1) is 13.0. The van der Waals surface area contributed by atoms with Crippen LogP contribution in [0.15, 0.2) is 41.6 Å². The highest BCUT2D eigenvalue weighted by Gasteiger charge is 2.59. The lowest BCUT2D eigenvalue weighted by atomic mass is 10.0. The Balaban J connectivity index is 1.87. The SMILES string of the molecule is CC1=C(C(=O)OC(C)(C)C)N2C(=O)C(NC(=O)c3ccccc3)[C@@H]2S(=O)C1Br. The van der Waals surface area contributed by atoms with Crippen molar-refractivity contribution in [2.75, 3.05) is 0 Å². The highest BCUT2D eigenvalue weighted by atomic mass is 79.9. The molecule has 1 fully saturated rings. The number of amides is 2. The number of rotatable bonds is 3. The van der Waals surface area contributed by atoms with Crippen molar-refractivity contribution in [3.63, 3.8) is 0 Å². The molecule has 0 aromatic heterocycles. The zero-order valence-electron chi connectivity index (χ0n) is 15.9. The number of esters is 1. The van der Waals surface area contributed by atoms with Crippen LogP contribution < -0.4 is 5.32 Å². The van der Waals surface area contributed by atoms with Gasteiger partial charge in [-0.1, -0.05) is 34.1 Å². The third kappa shape index (κ3) is 3.65. The molecular weight excluding hydrogens is 448 g/mol. The molecule has 150 valence electrons. The molecule has 7 nitrogen and oxygen atoms in total. The molecule has 1 N–H and O–H groups in total. The highest BCUT2D eigenvalue weighted by molar-refractivity contribution is 9.11. The van der Waals surface area contributed by atoms with Gasteiger partial charge in [0.1, 0.15) is 26.9 Å². The van der Waals surface area contributed by atoms with Crippen molar-refractivity contribution >= 4 is 44.5 Å². The van der Waals surface area contributed by atoms with Gasteiger partial charge in [-0.2, -0.15) is 0 Å². The van der Waals surface area contributed by atoms with E-state index in [1.165, 1.54) is 4.90 Å². The van der Waals surface area contributed by atoms with Crippen LogP contribution in [0.2, 0.25) is 0 Å². The number of carbonyl (C=O) groups excluding carboxylic acids is 3. The first kappa shape index (κ1) is 20.7. The molecule has 1 aromatic carbocycles. The molecule has 2 aliphatic heterocycles. The van der Waals surface area contributed by atoms with E-state index >= 15 is 0 Å². The molecule has 1 aromatic rings. The number of β-lactam (4-membered cyclic amide) rings is 1. The average Bonchev–Trinajstić information content (AvgIpc) is 2.63. The van der Waals surface area contributed by atoms with Crippen molar-refractivity contribution in [1.82, 2.24) is 10.2 Å². The van der Waals surface area contributed by atoms with Gasteiger partial charge in [0.25, 0.3) is 11.8 Å². The van der Waals surface area contributed by atoms with Crippen molar-refractivity contribution in [3.8, 4) is 0 Å². The van der Waals surface area contributed by atoms with Crippen LogP contribution in [0.25, 0.3) is 0 Å². The fourth-order valence-corrected chi connectivity index (χ4v) is 5.52. The Labute approximate surface area is 174 Å². The fraction of sp³-hybridized carbons (Fsp3) is 0.421. The molecule has 28 heavy (non-hydrogen) atoms. The van der Waals surface area contributed by atoms with Gasteiger partial charge in [0.05, 0.1) is 10.8 Å². The molecule has 2 aliphatic rings. The second kappa shape index (κ2) is 7.44. The molecule has 9 heteroatoms. The maximum Gasteiger partial charge on any atom is 0.355 e. The van der Waals surface area contributed by atoms with E-state index in [-0.39, 0.29) is 5.70 Å². The normalized spacial score (nSPS) is 27.0. The Morgan fingerprint density at radius 2 is 1.82 bits per heavy atom. The van der Waals surface area contributed by atoms with Gasteiger partial charge < -0.3 is 10.1 Å². The highest BCUT2D eigenvalue weighted by Crippen LogP contribution is 2.40. The van der Waals surface area contributed by atoms with Gasteiger partial charge in [-0.3, -0.25) is 18.7 Å². The van der Waals surface area contributed by atoms with Crippen LogP contribution in [-0.2, 0) is 25.1 Å². The van der Waals surface area contributed by atoms with Gasteiger partial charge in [0.15, 0.2) is 0 Å². The lowest BCUT2D eigenvalue weighted by Gasteiger charge is -2.50. The van der Waals surface area contributed by atoms with E-state index in [0.717, 1.165) is 0 Å². The van der Waals surface area contributed by atoms with Crippen LogP contribution >= 0.6 is 15.9 Å². The molecule has 2 amide bonds. The third-order valence-corrected chi connectivity index (χ3v) is 7.87. The maximum atomic E-state index is 12.9. The fourth-order valence-electron chi connectivity index (χ4n) is 3.07. The second-order valence-corrected chi connectivity index (χ2v) is 10.7. The molecule has 0 spiro atoms. The second-order valence-electron chi connectivity index (χ2n) is 7.59. The summed E-state index contributed by atoms with van der Waals surface area (Å²) in [4.78, 5) is 39.1. The number of hydrogen-bond acceptors (Lipinski definition) is 5. The van der Waals surface area contributed by atoms with Crippen molar-refractivity contribution < 1.29 is 23.3 Å². The van der Waals surface area contributed by atoms with Crippen LogP contribution in [0.1, 0.15) is 38.1 Å². The first-order valence-electron chi connectivity index (χ1n) is 8.69. The number of halogens is 1. The summed E-state index contributed by atoms with van der Waals surface area (Å²) in [6.45, 7) is 6.82. The summed E-state index contributed by atoms with van der Waals surface area (Å²) in [6, 6.07) is 7.47. The first-order valence-corrected chi connectivity index (χ1v) is 10.9. The van der Waals surface area contributed by atoms with Crippen molar-refractivity contribution in [1.29, 1.82) is 0 Å². The molecule has 1 saturated heterocycles. The predicted molar refractivity (Wildman–Crippen MR) is 108 cm³/mol. The molecular formula is C19H21BrN2O5S. The van der Waals surface area contributed by atoms with Gasteiger partial charge in [-0.05, 0) is 45.4 Å². The summed E-state index contributed by atoms with van der Waals surface area (Å²) in [5, 5.41) is 1.80. The monoisotopic (exact) mass is 468 g/mol. The van der Waals surface area contributed by atoms with E-state index in [4.69, 9.17) is 4.74 Å². The number of alkyl halides is 1. The Hall–Kier alpha value is -2.00. The molecule has 0 bridgehead atoms. The predicted octanol–water partition coefficient (Wildman–Crippen LogP) is 2.05. The van der Waals surface area contributed by atoms with Crippen LogP contribution in [0, 0.1) is 0 Å². The smallest absolute Gasteiger partial charge is 0.355 e. The summed E-state index contributed by atoms with van der Waals surface area (Å²) in [7, 11) is -1.55. The van der Waals surface area contributed by atoms with Gasteiger partial charge in [0, 0.05) is 5.56 Å². The Morgan fingerprint density at radius 3 is 2.39 bits per heavy atom. The Bertz CT molecular complexity index is 893. The van der Waals surface area contributed by atoms with Gasteiger partial charge >= 0.3 is 5.97 Å². The van der Waals surface area contributed by atoms with E-state index in [1.807, 2.05) is 0 Å². The maximum absolute atomic E-state index is 12.9. The van der Waals surface area contributed by atoms with E-state index in [2.05, 4.69) is 21.2 Å². The molecule has 3 unspecified atom stereocenters. The molecule has 2 heterocycles. The van der Waals surface area contributed by atoms with Crippen LogP contribution in [0.3, 0.4) is 0 Å². The zero-order chi connectivity index (χ0) is 20.8. The molecule has 4 atom stereocenters. The topological polar surface area (TPSA) is 92.8 Å². The van der Waals surface area contributed by atoms with E-state index < -0.39 is 49.8 Å². The Morgan fingerprint density at radius 1 is 1.21 bits per heavy atom. The number of benzene rings is 1. The molecule has 3 rings (SSSR count). The quantitative estimate of drug-likeness (QED) is 0.416. The standard InChI is InChI=1S/C19H21BrN2O5S/c1-10-13(18(25)27-19(2,3)4)22-16(24)12(17(22)28(26)14(10)20)21-15(23)11-8-6-5-7-9-11/h5-9,12,14,17H,1-4H3,(H,21,23)/t12?,14?,17-,28?/m0/s1. The van der Waals surface area contributed by atoms with Gasteiger partial charge in [-0.15, -0.1) is 0 Å². The number of hydrogen-bond donors (Lipinski definition) is 1. The van der Waals surface area contributed by atoms with Crippen molar-refractivity contribution in [2.24, 2.45) is 0 Å². The minimum Gasteiger partial charge on any atom is -0.455 e. The minimum atomic E-state index is -1.55. The van der Waals surface area contributed by atoms with E-state index in [9.17, 15) is 18.6 Å². The summed E-state index contributed by atoms with van der Waals surface area (Å²) < 4.78 is 17.7. The number of ether oxygens (including phenoxy) is 1.